The van der Waals surface area contributed by atoms with E-state index in [0.29, 0.717) is 29.1 Å². The van der Waals surface area contributed by atoms with Crippen LogP contribution in [0, 0.1) is 0 Å². The molecule has 5 rings (SSSR count). The maximum Gasteiger partial charge on any atom is 0.416 e. The summed E-state index contributed by atoms with van der Waals surface area (Å²) in [5, 5.41) is 21.5. The van der Waals surface area contributed by atoms with E-state index in [1.54, 1.807) is 26.4 Å². The number of benzene rings is 4. The fourth-order valence-electron chi connectivity index (χ4n) is 5.07. The van der Waals surface area contributed by atoms with Crippen LogP contribution in [0.4, 0.5) is 13.2 Å². The van der Waals surface area contributed by atoms with Crippen LogP contribution >= 0.6 is 15.9 Å². The van der Waals surface area contributed by atoms with Crippen molar-refractivity contribution < 1.29 is 27.8 Å². The summed E-state index contributed by atoms with van der Waals surface area (Å²) >= 11 is 3.51. The molecular formula is C33H31BrF3N5O3. The first-order chi connectivity index (χ1) is 21.7. The highest BCUT2D eigenvalue weighted by Crippen LogP contribution is 2.41. The van der Waals surface area contributed by atoms with Gasteiger partial charge in [0, 0.05) is 29.7 Å². The predicted molar refractivity (Wildman–Crippen MR) is 166 cm³/mol. The number of alkyl halides is 3. The van der Waals surface area contributed by atoms with Crippen molar-refractivity contribution in [1.82, 2.24) is 25.1 Å². The maximum atomic E-state index is 14.7. The molecule has 0 amide bonds. The SMILES string of the molecule is COc1ccc(CN(Cc2ccc(OC)cc2)Cc2c(C(F)(F)F)ccc(Br)c2-c2nnnn2Cc2ccc(CO)cc2)cc1. The molecule has 0 unspecified atom stereocenters. The fraction of sp³-hybridized carbons (Fsp3) is 0.242. The monoisotopic (exact) mass is 681 g/mol. The van der Waals surface area contributed by atoms with Crippen molar-refractivity contribution in [3.05, 3.63) is 123 Å². The lowest BCUT2D eigenvalue weighted by molar-refractivity contribution is -0.138. The Labute approximate surface area is 267 Å². The Morgan fingerprint density at radius 2 is 1.29 bits per heavy atom. The number of tetrazole rings is 1. The van der Waals surface area contributed by atoms with E-state index >= 15 is 0 Å². The van der Waals surface area contributed by atoms with Gasteiger partial charge in [-0.1, -0.05) is 64.5 Å². The van der Waals surface area contributed by atoms with Crippen molar-refractivity contribution in [2.45, 2.75) is 39.0 Å². The number of hydrogen-bond donors (Lipinski definition) is 1. The summed E-state index contributed by atoms with van der Waals surface area (Å²) < 4.78 is 56.4. The van der Waals surface area contributed by atoms with Crippen LogP contribution in [0.1, 0.15) is 33.4 Å². The second kappa shape index (κ2) is 14.2. The number of methoxy groups -OCH3 is 2. The molecule has 234 valence electrons. The van der Waals surface area contributed by atoms with Crippen LogP contribution in [0.3, 0.4) is 0 Å². The van der Waals surface area contributed by atoms with Crippen molar-refractivity contribution in [3.8, 4) is 22.9 Å². The zero-order valence-electron chi connectivity index (χ0n) is 24.6. The van der Waals surface area contributed by atoms with Crippen LogP contribution in [0.15, 0.2) is 89.4 Å². The highest BCUT2D eigenvalue weighted by molar-refractivity contribution is 9.10. The zero-order chi connectivity index (χ0) is 32.0. The molecule has 0 fully saturated rings. The Hall–Kier alpha value is -4.26. The Morgan fingerprint density at radius 1 is 0.756 bits per heavy atom. The van der Waals surface area contributed by atoms with Gasteiger partial charge < -0.3 is 14.6 Å². The number of ether oxygens (including phenoxy) is 2. The largest absolute Gasteiger partial charge is 0.497 e. The van der Waals surface area contributed by atoms with Gasteiger partial charge in [-0.2, -0.15) is 13.2 Å². The van der Waals surface area contributed by atoms with Gasteiger partial charge in [0.25, 0.3) is 0 Å². The minimum Gasteiger partial charge on any atom is -0.497 e. The third-order valence-electron chi connectivity index (χ3n) is 7.37. The molecule has 5 aromatic rings. The summed E-state index contributed by atoms with van der Waals surface area (Å²) in [5.74, 6) is 1.57. The van der Waals surface area contributed by atoms with Gasteiger partial charge in [-0.05, 0) is 74.6 Å². The molecule has 1 heterocycles. The highest BCUT2D eigenvalue weighted by atomic mass is 79.9. The summed E-state index contributed by atoms with van der Waals surface area (Å²) in [4.78, 5) is 1.95. The van der Waals surface area contributed by atoms with E-state index in [1.165, 1.54) is 10.7 Å². The first-order valence-electron chi connectivity index (χ1n) is 14.0. The van der Waals surface area contributed by atoms with Crippen molar-refractivity contribution in [2.75, 3.05) is 14.2 Å². The number of aliphatic hydroxyl groups excluding tert-OH is 1. The van der Waals surface area contributed by atoms with Gasteiger partial charge in [-0.3, -0.25) is 4.90 Å². The number of aromatic nitrogens is 4. The first-order valence-corrected chi connectivity index (χ1v) is 14.8. The third-order valence-corrected chi connectivity index (χ3v) is 8.03. The predicted octanol–water partition coefficient (Wildman–Crippen LogP) is 6.88. The lowest BCUT2D eigenvalue weighted by Gasteiger charge is -2.27. The number of halogens is 4. The van der Waals surface area contributed by atoms with Gasteiger partial charge in [-0.15, -0.1) is 5.10 Å². The molecule has 1 N–H and O–H groups in total. The second-order valence-electron chi connectivity index (χ2n) is 10.4. The van der Waals surface area contributed by atoms with Gasteiger partial charge in [-0.25, -0.2) is 4.68 Å². The Bertz CT molecular complexity index is 1660. The molecule has 12 heteroatoms. The molecular weight excluding hydrogens is 651 g/mol. The van der Waals surface area contributed by atoms with E-state index in [1.807, 2.05) is 65.6 Å². The van der Waals surface area contributed by atoms with Crippen LogP contribution < -0.4 is 9.47 Å². The summed E-state index contributed by atoms with van der Waals surface area (Å²) in [7, 11) is 3.16. The van der Waals surface area contributed by atoms with Gasteiger partial charge in [0.05, 0.1) is 32.9 Å². The lowest BCUT2D eigenvalue weighted by atomic mass is 9.98. The molecule has 0 atom stereocenters. The molecule has 0 spiro atoms. The highest BCUT2D eigenvalue weighted by Gasteiger charge is 2.36. The average molecular weight is 683 g/mol. The van der Waals surface area contributed by atoms with E-state index in [2.05, 4.69) is 31.5 Å². The van der Waals surface area contributed by atoms with Crippen LogP contribution in [0.2, 0.25) is 0 Å². The Kier molecular flexibility index (Phi) is 10.2. The Balaban J connectivity index is 1.57. The van der Waals surface area contributed by atoms with Crippen molar-refractivity contribution in [2.24, 2.45) is 0 Å². The first kappa shape index (κ1) is 32.1. The molecule has 0 saturated heterocycles. The van der Waals surface area contributed by atoms with Crippen LogP contribution in [0.25, 0.3) is 11.4 Å². The van der Waals surface area contributed by atoms with E-state index in [0.717, 1.165) is 28.3 Å². The summed E-state index contributed by atoms with van der Waals surface area (Å²) in [5.41, 5.74) is 2.92. The second-order valence-corrected chi connectivity index (χ2v) is 11.3. The number of nitrogens with zero attached hydrogens (tertiary/aromatic N) is 5. The lowest BCUT2D eigenvalue weighted by Crippen LogP contribution is -2.25. The number of aliphatic hydroxyl groups is 1. The number of hydrogen-bond acceptors (Lipinski definition) is 7. The minimum absolute atomic E-state index is 0.0468. The molecule has 0 aliphatic rings. The zero-order valence-corrected chi connectivity index (χ0v) is 26.2. The number of rotatable bonds is 12. The van der Waals surface area contributed by atoms with Gasteiger partial charge in [0.1, 0.15) is 11.5 Å². The molecule has 0 bridgehead atoms. The van der Waals surface area contributed by atoms with Crippen molar-refractivity contribution >= 4 is 15.9 Å². The standard InChI is InChI=1S/C33H31BrF3N5O3/c1-44-26-11-7-22(8-12-26)17-41(18-23-9-13-27(45-2)14-10-23)20-28-29(33(35,36)37)15-16-30(34)31(28)32-38-39-40-42(32)19-24-3-5-25(21-43)6-4-24/h3-16,43H,17-21H2,1-2H3. The molecule has 0 aliphatic heterocycles. The van der Waals surface area contributed by atoms with Crippen LogP contribution in [-0.4, -0.2) is 44.4 Å². The summed E-state index contributed by atoms with van der Waals surface area (Å²) in [6.07, 6.45) is -4.63. The van der Waals surface area contributed by atoms with Gasteiger partial charge in [0.15, 0.2) is 5.82 Å². The van der Waals surface area contributed by atoms with E-state index in [9.17, 15) is 18.3 Å². The van der Waals surface area contributed by atoms with E-state index < -0.39 is 11.7 Å². The smallest absolute Gasteiger partial charge is 0.416 e. The van der Waals surface area contributed by atoms with E-state index in [-0.39, 0.29) is 36.6 Å². The van der Waals surface area contributed by atoms with Gasteiger partial charge in [0.2, 0.25) is 0 Å². The van der Waals surface area contributed by atoms with Crippen molar-refractivity contribution in [1.29, 1.82) is 0 Å². The molecule has 0 aliphatic carbocycles. The minimum atomic E-state index is -4.63. The van der Waals surface area contributed by atoms with Crippen molar-refractivity contribution in [3.63, 3.8) is 0 Å². The maximum absolute atomic E-state index is 14.7. The quantitative estimate of drug-likeness (QED) is 0.154. The van der Waals surface area contributed by atoms with Crippen LogP contribution in [0.5, 0.6) is 11.5 Å². The third kappa shape index (κ3) is 7.88. The molecule has 1 aromatic heterocycles. The van der Waals surface area contributed by atoms with E-state index in [4.69, 9.17) is 9.47 Å². The van der Waals surface area contributed by atoms with Gasteiger partial charge >= 0.3 is 6.18 Å². The topological polar surface area (TPSA) is 85.5 Å². The molecule has 0 radical (unpaired) electrons. The molecule has 45 heavy (non-hydrogen) atoms. The van der Waals surface area contributed by atoms with Crippen LogP contribution in [-0.2, 0) is 39.0 Å². The Morgan fingerprint density at radius 3 is 1.80 bits per heavy atom. The fourth-order valence-corrected chi connectivity index (χ4v) is 5.62. The average Bonchev–Trinajstić information content (AvgIpc) is 3.49. The molecule has 4 aromatic carbocycles. The molecule has 0 saturated carbocycles. The summed E-state index contributed by atoms with van der Waals surface area (Å²) in [6.45, 7) is 0.792. The molecule has 8 nitrogen and oxygen atoms in total. The summed E-state index contributed by atoms with van der Waals surface area (Å²) in [6, 6.07) is 24.6. The normalized spacial score (nSPS) is 11.6.